The van der Waals surface area contributed by atoms with Crippen LogP contribution in [0.3, 0.4) is 0 Å². The molecule has 0 unspecified atom stereocenters. The van der Waals surface area contributed by atoms with Crippen LogP contribution in [-0.4, -0.2) is 112 Å². The largest absolute Gasteiger partial charge is 0.497 e. The van der Waals surface area contributed by atoms with E-state index in [0.29, 0.717) is 37.0 Å². The molecule has 0 amide bonds. The minimum Gasteiger partial charge on any atom is -0.497 e. The highest BCUT2D eigenvalue weighted by Crippen LogP contribution is 2.47. The second kappa shape index (κ2) is 14.1. The molecule has 4 aliphatic rings. The highest BCUT2D eigenvalue weighted by atomic mass is 16.7. The number of benzene rings is 1. The number of rotatable bonds is 12. The second-order valence-electron chi connectivity index (χ2n) is 11.5. The molecule has 0 spiro atoms. The summed E-state index contributed by atoms with van der Waals surface area (Å²) < 4.78 is 33.6. The Morgan fingerprint density at radius 1 is 1.12 bits per heavy atom. The Labute approximate surface area is 253 Å². The number of carbonyl (C=O) groups is 2. The fourth-order valence-electron chi connectivity index (χ4n) is 6.33. The van der Waals surface area contributed by atoms with Crippen LogP contribution < -0.4 is 9.47 Å². The molecule has 0 aromatic heterocycles. The van der Waals surface area contributed by atoms with Gasteiger partial charge < -0.3 is 33.5 Å². The molecule has 1 aromatic carbocycles. The fourth-order valence-corrected chi connectivity index (χ4v) is 6.33. The summed E-state index contributed by atoms with van der Waals surface area (Å²) in [6.07, 6.45) is 7.07. The van der Waals surface area contributed by atoms with Gasteiger partial charge in [0.2, 0.25) is 6.79 Å². The predicted octanol–water partition coefficient (Wildman–Crippen LogP) is 2.55. The maximum Gasteiger partial charge on any atom is 0.339 e. The Morgan fingerprint density at radius 3 is 2.60 bits per heavy atom. The van der Waals surface area contributed by atoms with Crippen molar-refractivity contribution < 1.29 is 43.1 Å². The van der Waals surface area contributed by atoms with Crippen LogP contribution >= 0.6 is 0 Å². The van der Waals surface area contributed by atoms with Crippen molar-refractivity contribution in [3.63, 3.8) is 0 Å². The fraction of sp³-hybridized carbons (Fsp3) is 0.625. The van der Waals surface area contributed by atoms with Gasteiger partial charge in [-0.1, -0.05) is 25.5 Å². The quantitative estimate of drug-likeness (QED) is 0.282. The molecule has 4 atom stereocenters. The van der Waals surface area contributed by atoms with Crippen molar-refractivity contribution in [3.05, 3.63) is 47.2 Å². The molecular formula is C32H44N2O9. The zero-order valence-corrected chi connectivity index (χ0v) is 25.4. The van der Waals surface area contributed by atoms with Gasteiger partial charge in [-0.25, -0.2) is 4.79 Å². The SMILES string of the molecule is CCCCN1CCc2cc3c(cc2[C@@H]2[C@H](OC(=O)[C@@](O)(C/C=C/CN4CCOCC4)CC(=O)OC)C(OC)=C[C@@H]21)OCO3. The summed E-state index contributed by atoms with van der Waals surface area (Å²) in [5.74, 6) is -0.0240. The molecule has 11 nitrogen and oxygen atoms in total. The van der Waals surface area contributed by atoms with E-state index >= 15 is 0 Å². The number of carbonyl (C=O) groups excluding carboxylic acids is 2. The second-order valence-corrected chi connectivity index (χ2v) is 11.5. The smallest absolute Gasteiger partial charge is 0.339 e. The van der Waals surface area contributed by atoms with E-state index in [1.165, 1.54) is 7.11 Å². The molecule has 236 valence electrons. The number of nitrogens with zero attached hydrogens (tertiary/aromatic N) is 2. The summed E-state index contributed by atoms with van der Waals surface area (Å²) in [7, 11) is 2.79. The molecule has 1 aromatic rings. The summed E-state index contributed by atoms with van der Waals surface area (Å²) in [6.45, 7) is 7.65. The van der Waals surface area contributed by atoms with Gasteiger partial charge in [0.1, 0.15) is 5.76 Å². The normalized spacial score (nSPS) is 24.9. The van der Waals surface area contributed by atoms with Crippen molar-refractivity contribution in [1.29, 1.82) is 0 Å². The lowest BCUT2D eigenvalue weighted by atomic mass is 9.87. The van der Waals surface area contributed by atoms with Crippen LogP contribution in [0.25, 0.3) is 0 Å². The zero-order valence-electron chi connectivity index (χ0n) is 25.4. The lowest BCUT2D eigenvalue weighted by molar-refractivity contribution is -0.176. The first kappa shape index (κ1) is 31.3. The topological polar surface area (TPSA) is 116 Å². The minimum atomic E-state index is -2.12. The van der Waals surface area contributed by atoms with Crippen LogP contribution in [-0.2, 0) is 35.0 Å². The number of hydrogen-bond donors (Lipinski definition) is 1. The van der Waals surface area contributed by atoms with Gasteiger partial charge in [0.25, 0.3) is 0 Å². The summed E-state index contributed by atoms with van der Waals surface area (Å²) in [4.78, 5) is 30.8. The molecule has 5 rings (SSSR count). The first-order valence-corrected chi connectivity index (χ1v) is 15.2. The van der Waals surface area contributed by atoms with Gasteiger partial charge in [0, 0.05) is 44.6 Å². The molecule has 1 N–H and O–H groups in total. The number of morpholine rings is 1. The summed E-state index contributed by atoms with van der Waals surface area (Å²) in [5, 5.41) is 11.6. The Morgan fingerprint density at radius 2 is 1.88 bits per heavy atom. The number of aliphatic hydroxyl groups is 1. The van der Waals surface area contributed by atoms with E-state index in [0.717, 1.165) is 56.6 Å². The Bertz CT molecular complexity index is 1210. The molecule has 3 aliphatic heterocycles. The lowest BCUT2D eigenvalue weighted by Crippen LogP contribution is -2.46. The third-order valence-electron chi connectivity index (χ3n) is 8.80. The zero-order chi connectivity index (χ0) is 30.4. The molecule has 0 saturated carbocycles. The third kappa shape index (κ3) is 7.01. The van der Waals surface area contributed by atoms with E-state index in [4.69, 9.17) is 28.4 Å². The van der Waals surface area contributed by atoms with Crippen LogP contribution in [0.1, 0.15) is 49.7 Å². The summed E-state index contributed by atoms with van der Waals surface area (Å²) in [6, 6.07) is 3.92. The maximum atomic E-state index is 13.9. The van der Waals surface area contributed by atoms with E-state index in [9.17, 15) is 14.7 Å². The standard InChI is InChI=1S/C32H44N2O9/c1-4-5-11-34-12-8-22-17-25-26(42-21-41-25)18-23(22)29-24(34)19-27(38-2)30(29)43-31(36)32(37,20-28(35)39-3)9-6-7-10-33-13-15-40-16-14-33/h6-7,17-19,24,29-30,37H,4-5,8-16,20-21H2,1-3H3/b7-6+/t24-,29-,30+,32+/m0/s1. The van der Waals surface area contributed by atoms with Crippen LogP contribution in [0, 0.1) is 0 Å². The average Bonchev–Trinajstić information content (AvgIpc) is 3.59. The van der Waals surface area contributed by atoms with Crippen LogP contribution in [0.15, 0.2) is 36.1 Å². The number of methoxy groups -OCH3 is 2. The van der Waals surface area contributed by atoms with Crippen molar-refractivity contribution in [3.8, 4) is 11.5 Å². The molecule has 43 heavy (non-hydrogen) atoms. The van der Waals surface area contributed by atoms with Crippen molar-refractivity contribution in [2.45, 2.75) is 62.7 Å². The van der Waals surface area contributed by atoms with Crippen molar-refractivity contribution in [2.24, 2.45) is 0 Å². The Hall–Kier alpha value is -3.12. The van der Waals surface area contributed by atoms with E-state index in [1.54, 1.807) is 13.2 Å². The highest BCUT2D eigenvalue weighted by Gasteiger charge is 2.49. The first-order chi connectivity index (χ1) is 20.9. The summed E-state index contributed by atoms with van der Waals surface area (Å²) in [5.41, 5.74) is -0.0206. The van der Waals surface area contributed by atoms with E-state index in [1.807, 2.05) is 24.3 Å². The van der Waals surface area contributed by atoms with E-state index in [-0.39, 0.29) is 25.2 Å². The highest BCUT2D eigenvalue weighted by molar-refractivity contribution is 5.86. The van der Waals surface area contributed by atoms with Crippen molar-refractivity contribution in [2.75, 3.05) is 67.0 Å². The summed E-state index contributed by atoms with van der Waals surface area (Å²) >= 11 is 0. The van der Waals surface area contributed by atoms with Crippen molar-refractivity contribution in [1.82, 2.24) is 9.80 Å². The molecule has 0 radical (unpaired) electrons. The third-order valence-corrected chi connectivity index (χ3v) is 8.80. The van der Waals surface area contributed by atoms with E-state index in [2.05, 4.69) is 16.7 Å². The molecule has 11 heteroatoms. The number of esters is 2. The molecular weight excluding hydrogens is 556 g/mol. The number of ether oxygens (including phenoxy) is 6. The van der Waals surface area contributed by atoms with Crippen LogP contribution in [0.5, 0.6) is 11.5 Å². The maximum absolute atomic E-state index is 13.9. The molecule has 1 saturated heterocycles. The predicted molar refractivity (Wildman–Crippen MR) is 157 cm³/mol. The Balaban J connectivity index is 1.41. The van der Waals surface area contributed by atoms with Gasteiger partial charge in [-0.05, 0) is 48.7 Å². The molecule has 0 bridgehead atoms. The first-order valence-electron chi connectivity index (χ1n) is 15.2. The molecule has 1 fully saturated rings. The van der Waals surface area contributed by atoms with Gasteiger partial charge in [-0.15, -0.1) is 0 Å². The number of hydrogen-bond acceptors (Lipinski definition) is 11. The average molecular weight is 601 g/mol. The monoisotopic (exact) mass is 600 g/mol. The van der Waals surface area contributed by atoms with Gasteiger partial charge in [-0.3, -0.25) is 14.6 Å². The van der Waals surface area contributed by atoms with Crippen LogP contribution in [0.2, 0.25) is 0 Å². The molecule has 3 heterocycles. The van der Waals surface area contributed by atoms with Crippen molar-refractivity contribution >= 4 is 11.9 Å². The number of unbranched alkanes of at least 4 members (excludes halogenated alkanes) is 1. The van der Waals surface area contributed by atoms with Gasteiger partial charge in [0.05, 0.1) is 33.9 Å². The molecule has 1 aliphatic carbocycles. The van der Waals surface area contributed by atoms with Gasteiger partial charge in [-0.2, -0.15) is 0 Å². The van der Waals surface area contributed by atoms with Gasteiger partial charge >= 0.3 is 11.9 Å². The minimum absolute atomic E-state index is 0.0944. The van der Waals surface area contributed by atoms with Crippen LogP contribution in [0.4, 0.5) is 0 Å². The number of fused-ring (bicyclic) bond motifs is 4. The lowest BCUT2D eigenvalue weighted by Gasteiger charge is -2.33. The Kier molecular flexibility index (Phi) is 10.3. The van der Waals surface area contributed by atoms with E-state index < -0.39 is 30.1 Å². The van der Waals surface area contributed by atoms with Gasteiger partial charge in [0.15, 0.2) is 23.2 Å².